The molecule has 0 aliphatic carbocycles. The molecule has 2 heteroatoms. The second-order valence-electron chi connectivity index (χ2n) is 3.00. The van der Waals surface area contributed by atoms with Crippen LogP contribution < -0.4 is 0 Å². The van der Waals surface area contributed by atoms with Gasteiger partial charge in [-0.1, -0.05) is 36.8 Å². The van der Waals surface area contributed by atoms with Crippen molar-refractivity contribution in [3.8, 4) is 0 Å². The van der Waals surface area contributed by atoms with Crippen molar-refractivity contribution in [2.24, 2.45) is 0 Å². The Morgan fingerprint density at radius 3 is 2.23 bits per heavy atom. The summed E-state index contributed by atoms with van der Waals surface area (Å²) in [7, 11) is 1.86. The van der Waals surface area contributed by atoms with Gasteiger partial charge in [-0.2, -0.15) is 0 Å². The molecule has 0 bridgehead atoms. The maximum Gasteiger partial charge on any atom is 0.297 e. The van der Waals surface area contributed by atoms with E-state index in [-0.39, 0.29) is 0 Å². The molecule has 1 nitrogen and oxygen atoms in total. The summed E-state index contributed by atoms with van der Waals surface area (Å²) in [6.45, 7) is 4.92. The van der Waals surface area contributed by atoms with Crippen molar-refractivity contribution in [1.29, 1.82) is 0 Å². The molecule has 0 aromatic heterocycles. The molecule has 69 valence electrons. The fourth-order valence-electron chi connectivity index (χ4n) is 1.18. The Morgan fingerprint density at radius 2 is 1.69 bits per heavy atom. The molecule has 0 saturated heterocycles. The molecule has 0 atom stereocenters. The van der Waals surface area contributed by atoms with E-state index in [0.717, 1.165) is 19.3 Å². The Hall–Kier alpha value is -0.755. The topological polar surface area (TPSA) is 9.23 Å². The van der Waals surface area contributed by atoms with Crippen LogP contribution in [0.25, 0.3) is 0 Å². The zero-order valence-corrected chi connectivity index (χ0v) is 8.42. The van der Waals surface area contributed by atoms with E-state index in [4.69, 9.17) is 4.65 Å². The fraction of sp³-hybridized carbons (Fsp3) is 0.455. The average molecular weight is 175 g/mol. The molecular weight excluding hydrogens is 159 g/mol. The highest BCUT2D eigenvalue weighted by Crippen LogP contribution is 2.05. The van der Waals surface area contributed by atoms with Gasteiger partial charge in [0.1, 0.15) is 0 Å². The first kappa shape index (κ1) is 10.3. The second-order valence-corrected chi connectivity index (χ2v) is 3.00. The highest BCUT2D eigenvalue weighted by atomic mass is 16.4. The van der Waals surface area contributed by atoms with E-state index in [2.05, 4.69) is 31.2 Å². The Labute approximate surface area is 81.4 Å². The summed E-state index contributed by atoms with van der Waals surface area (Å²) in [6.07, 6.45) is 2.01. The summed E-state index contributed by atoms with van der Waals surface area (Å²) >= 11 is 0. The Kier molecular flexibility index (Phi) is 4.62. The lowest BCUT2D eigenvalue weighted by Crippen LogP contribution is -2.02. The van der Waals surface area contributed by atoms with Crippen molar-refractivity contribution in [2.75, 3.05) is 6.61 Å². The van der Waals surface area contributed by atoms with Gasteiger partial charge in [0, 0.05) is 6.61 Å². The highest BCUT2D eigenvalue weighted by molar-refractivity contribution is 6.26. The summed E-state index contributed by atoms with van der Waals surface area (Å²) in [4.78, 5) is 0. The SMILES string of the molecule is CCO[B]Cc1ccc(CC)cc1. The summed E-state index contributed by atoms with van der Waals surface area (Å²) in [5.41, 5.74) is 2.70. The Bertz CT molecular complexity index is 230. The summed E-state index contributed by atoms with van der Waals surface area (Å²) in [5, 5.41) is 0. The standard InChI is InChI=1S/C11H16BO/c1-3-10-5-7-11(8-6-10)9-12-13-4-2/h5-8H,3-4,9H2,1-2H3. The van der Waals surface area contributed by atoms with Gasteiger partial charge in [0.05, 0.1) is 0 Å². The lowest BCUT2D eigenvalue weighted by Gasteiger charge is -2.01. The number of benzene rings is 1. The first-order chi connectivity index (χ1) is 6.36. The van der Waals surface area contributed by atoms with E-state index in [1.165, 1.54) is 11.1 Å². The Morgan fingerprint density at radius 1 is 1.08 bits per heavy atom. The van der Waals surface area contributed by atoms with Crippen molar-refractivity contribution in [1.82, 2.24) is 0 Å². The minimum Gasteiger partial charge on any atom is -0.440 e. The van der Waals surface area contributed by atoms with Gasteiger partial charge in [0.15, 0.2) is 0 Å². The monoisotopic (exact) mass is 175 g/mol. The number of hydrogen-bond donors (Lipinski definition) is 0. The van der Waals surface area contributed by atoms with Crippen molar-refractivity contribution >= 4 is 7.48 Å². The molecule has 13 heavy (non-hydrogen) atoms. The molecular formula is C11H16BO. The number of rotatable bonds is 5. The predicted molar refractivity (Wildman–Crippen MR) is 56.9 cm³/mol. The minimum absolute atomic E-state index is 0.757. The molecule has 1 aromatic carbocycles. The van der Waals surface area contributed by atoms with Crippen LogP contribution in [0.15, 0.2) is 24.3 Å². The van der Waals surface area contributed by atoms with Crippen LogP contribution in [0.2, 0.25) is 0 Å². The largest absolute Gasteiger partial charge is 0.440 e. The van der Waals surface area contributed by atoms with Gasteiger partial charge >= 0.3 is 0 Å². The van der Waals surface area contributed by atoms with Gasteiger partial charge in [-0.15, -0.1) is 0 Å². The molecule has 0 unspecified atom stereocenters. The van der Waals surface area contributed by atoms with Crippen LogP contribution in [0.3, 0.4) is 0 Å². The predicted octanol–water partition coefficient (Wildman–Crippen LogP) is 2.40. The van der Waals surface area contributed by atoms with Gasteiger partial charge in [0.25, 0.3) is 7.48 Å². The number of hydrogen-bond acceptors (Lipinski definition) is 1. The molecule has 1 aromatic rings. The summed E-state index contributed by atoms with van der Waals surface area (Å²) in [5.74, 6) is 0. The quantitative estimate of drug-likeness (QED) is 0.493. The van der Waals surface area contributed by atoms with Crippen LogP contribution in [0.5, 0.6) is 0 Å². The van der Waals surface area contributed by atoms with E-state index < -0.39 is 0 Å². The van der Waals surface area contributed by atoms with E-state index in [0.29, 0.717) is 0 Å². The minimum atomic E-state index is 0.757. The smallest absolute Gasteiger partial charge is 0.297 e. The van der Waals surface area contributed by atoms with E-state index in [9.17, 15) is 0 Å². The first-order valence-electron chi connectivity index (χ1n) is 4.88. The molecule has 0 spiro atoms. The second kappa shape index (κ2) is 5.82. The fourth-order valence-corrected chi connectivity index (χ4v) is 1.18. The van der Waals surface area contributed by atoms with Crippen LogP contribution in [-0.2, 0) is 17.4 Å². The molecule has 0 aliphatic rings. The normalized spacial score (nSPS) is 10.0. The molecule has 0 saturated carbocycles. The maximum atomic E-state index is 5.17. The third-order valence-corrected chi connectivity index (χ3v) is 2.03. The first-order valence-corrected chi connectivity index (χ1v) is 4.88. The van der Waals surface area contributed by atoms with Crippen molar-refractivity contribution < 1.29 is 4.65 Å². The van der Waals surface area contributed by atoms with Crippen LogP contribution in [0.4, 0.5) is 0 Å². The van der Waals surface area contributed by atoms with Crippen LogP contribution in [0.1, 0.15) is 25.0 Å². The van der Waals surface area contributed by atoms with Crippen molar-refractivity contribution in [3.05, 3.63) is 35.4 Å². The van der Waals surface area contributed by atoms with E-state index in [1.807, 2.05) is 14.4 Å². The summed E-state index contributed by atoms with van der Waals surface area (Å²) in [6, 6.07) is 8.67. The van der Waals surface area contributed by atoms with Crippen LogP contribution >= 0.6 is 0 Å². The van der Waals surface area contributed by atoms with E-state index >= 15 is 0 Å². The van der Waals surface area contributed by atoms with Gasteiger partial charge in [-0.3, -0.25) is 0 Å². The zero-order valence-electron chi connectivity index (χ0n) is 8.42. The maximum absolute atomic E-state index is 5.17. The van der Waals surface area contributed by atoms with E-state index in [1.54, 1.807) is 0 Å². The third kappa shape index (κ3) is 3.64. The van der Waals surface area contributed by atoms with Gasteiger partial charge in [-0.25, -0.2) is 0 Å². The highest BCUT2D eigenvalue weighted by Gasteiger charge is 1.95. The molecule has 0 N–H and O–H groups in total. The van der Waals surface area contributed by atoms with Gasteiger partial charge < -0.3 is 4.65 Å². The van der Waals surface area contributed by atoms with Crippen molar-refractivity contribution in [2.45, 2.75) is 26.6 Å². The van der Waals surface area contributed by atoms with Gasteiger partial charge in [-0.05, 0) is 25.2 Å². The molecule has 0 fully saturated rings. The molecule has 0 heterocycles. The van der Waals surface area contributed by atoms with Gasteiger partial charge in [0.2, 0.25) is 0 Å². The van der Waals surface area contributed by atoms with Crippen molar-refractivity contribution in [3.63, 3.8) is 0 Å². The lowest BCUT2D eigenvalue weighted by molar-refractivity contribution is 0.359. The van der Waals surface area contributed by atoms with Crippen LogP contribution in [0, 0.1) is 0 Å². The number of aryl methyl sites for hydroxylation is 1. The molecule has 1 rings (SSSR count). The van der Waals surface area contributed by atoms with Crippen LogP contribution in [-0.4, -0.2) is 14.1 Å². The third-order valence-electron chi connectivity index (χ3n) is 2.03. The average Bonchev–Trinajstić information content (AvgIpc) is 2.19. The summed E-state index contributed by atoms with van der Waals surface area (Å²) < 4.78 is 5.17. The zero-order chi connectivity index (χ0) is 9.52. The lowest BCUT2D eigenvalue weighted by atomic mass is 9.89. The molecule has 1 radical (unpaired) electrons. The Balaban J connectivity index is 2.40. The molecule has 0 aliphatic heterocycles. The molecule has 0 amide bonds.